The number of hydrogen-bond acceptors (Lipinski definition) is 4. The molecule has 0 aliphatic rings. The van der Waals surface area contributed by atoms with Crippen molar-refractivity contribution in [3.05, 3.63) is 78.2 Å². The van der Waals surface area contributed by atoms with Gasteiger partial charge in [0, 0.05) is 5.56 Å². The van der Waals surface area contributed by atoms with Crippen molar-refractivity contribution in [2.75, 3.05) is 12.4 Å². The van der Waals surface area contributed by atoms with Crippen molar-refractivity contribution in [3.63, 3.8) is 0 Å². The van der Waals surface area contributed by atoms with E-state index in [0.717, 1.165) is 28.2 Å². The van der Waals surface area contributed by atoms with Gasteiger partial charge < -0.3 is 10.1 Å². The maximum Gasteiger partial charge on any atom is 0.154 e. The van der Waals surface area contributed by atoms with Crippen LogP contribution in [0.2, 0.25) is 0 Å². The Hall–Kier alpha value is -3.41. The Kier molecular flexibility index (Phi) is 4.46. The van der Waals surface area contributed by atoms with E-state index in [4.69, 9.17) is 4.74 Å². The SMILES string of the molecule is COc1cccc(-c2cnc3ccc(N[C@H](C)c4cccc(F)c4)nn23)c1. The van der Waals surface area contributed by atoms with Gasteiger partial charge in [-0.05, 0) is 48.9 Å². The molecule has 0 aliphatic heterocycles. The van der Waals surface area contributed by atoms with Crippen LogP contribution in [0, 0.1) is 5.82 Å². The molecule has 2 aromatic carbocycles. The van der Waals surface area contributed by atoms with Crippen LogP contribution < -0.4 is 10.1 Å². The van der Waals surface area contributed by atoms with E-state index >= 15 is 0 Å². The zero-order chi connectivity index (χ0) is 18.8. The zero-order valence-electron chi connectivity index (χ0n) is 15.1. The monoisotopic (exact) mass is 362 g/mol. The van der Waals surface area contributed by atoms with Crippen molar-refractivity contribution < 1.29 is 9.13 Å². The molecule has 0 unspecified atom stereocenters. The normalized spacial score (nSPS) is 12.1. The van der Waals surface area contributed by atoms with Gasteiger partial charge in [0.05, 0.1) is 25.0 Å². The molecule has 27 heavy (non-hydrogen) atoms. The van der Waals surface area contributed by atoms with Crippen LogP contribution in [-0.4, -0.2) is 21.7 Å². The van der Waals surface area contributed by atoms with Crippen LogP contribution in [0.1, 0.15) is 18.5 Å². The van der Waals surface area contributed by atoms with Crippen LogP contribution in [-0.2, 0) is 0 Å². The van der Waals surface area contributed by atoms with Crippen LogP contribution in [0.3, 0.4) is 0 Å². The van der Waals surface area contributed by atoms with E-state index in [1.54, 1.807) is 23.9 Å². The van der Waals surface area contributed by atoms with Crippen molar-refractivity contribution in [1.29, 1.82) is 0 Å². The highest BCUT2D eigenvalue weighted by molar-refractivity contribution is 5.65. The quantitative estimate of drug-likeness (QED) is 0.558. The number of nitrogens with zero attached hydrogens (tertiary/aromatic N) is 3. The average Bonchev–Trinajstić information content (AvgIpc) is 3.11. The number of hydrogen-bond donors (Lipinski definition) is 1. The molecule has 6 heteroatoms. The van der Waals surface area contributed by atoms with E-state index in [-0.39, 0.29) is 11.9 Å². The molecule has 1 N–H and O–H groups in total. The summed E-state index contributed by atoms with van der Waals surface area (Å²) in [6.07, 6.45) is 1.79. The van der Waals surface area contributed by atoms with E-state index in [1.165, 1.54) is 12.1 Å². The third-order valence-electron chi connectivity index (χ3n) is 4.44. The molecule has 0 aliphatic carbocycles. The molecule has 0 amide bonds. The van der Waals surface area contributed by atoms with Crippen LogP contribution in [0.4, 0.5) is 10.2 Å². The summed E-state index contributed by atoms with van der Waals surface area (Å²) in [7, 11) is 1.64. The first-order chi connectivity index (χ1) is 13.1. The number of imidazole rings is 1. The second-order valence-corrected chi connectivity index (χ2v) is 6.29. The van der Waals surface area contributed by atoms with Gasteiger partial charge in [0.15, 0.2) is 5.65 Å². The highest BCUT2D eigenvalue weighted by atomic mass is 19.1. The maximum absolute atomic E-state index is 13.5. The molecule has 4 rings (SSSR count). The van der Waals surface area contributed by atoms with Crippen LogP contribution in [0.5, 0.6) is 5.75 Å². The largest absolute Gasteiger partial charge is 0.497 e. The van der Waals surface area contributed by atoms with Gasteiger partial charge in [0.25, 0.3) is 0 Å². The summed E-state index contributed by atoms with van der Waals surface area (Å²) in [5, 5.41) is 7.98. The Balaban J connectivity index is 1.67. The van der Waals surface area contributed by atoms with E-state index in [2.05, 4.69) is 15.4 Å². The molecule has 136 valence electrons. The minimum absolute atomic E-state index is 0.0885. The number of ether oxygens (including phenoxy) is 1. The average molecular weight is 362 g/mol. The second kappa shape index (κ2) is 7.07. The predicted octanol–water partition coefficient (Wildman–Crippen LogP) is 4.72. The second-order valence-electron chi connectivity index (χ2n) is 6.29. The third kappa shape index (κ3) is 3.46. The summed E-state index contributed by atoms with van der Waals surface area (Å²) in [4.78, 5) is 4.42. The fraction of sp³-hybridized carbons (Fsp3) is 0.143. The Bertz CT molecular complexity index is 1090. The van der Waals surface area contributed by atoms with E-state index in [1.807, 2.05) is 49.4 Å². The van der Waals surface area contributed by atoms with E-state index < -0.39 is 0 Å². The number of methoxy groups -OCH3 is 1. The fourth-order valence-electron chi connectivity index (χ4n) is 3.01. The molecule has 0 bridgehead atoms. The summed E-state index contributed by atoms with van der Waals surface area (Å²) in [5.74, 6) is 1.21. The molecule has 0 saturated heterocycles. The Morgan fingerprint density at radius 3 is 2.74 bits per heavy atom. The number of anilines is 1. The first-order valence-corrected chi connectivity index (χ1v) is 8.65. The molecular weight excluding hydrogens is 343 g/mol. The van der Waals surface area contributed by atoms with Gasteiger partial charge in [-0.15, -0.1) is 5.10 Å². The molecule has 0 fully saturated rings. The number of halogens is 1. The Morgan fingerprint density at radius 2 is 1.93 bits per heavy atom. The van der Waals surface area contributed by atoms with Crippen molar-refractivity contribution in [2.24, 2.45) is 0 Å². The van der Waals surface area contributed by atoms with Gasteiger partial charge in [-0.1, -0.05) is 24.3 Å². The first-order valence-electron chi connectivity index (χ1n) is 8.65. The predicted molar refractivity (Wildman–Crippen MR) is 103 cm³/mol. The lowest BCUT2D eigenvalue weighted by atomic mass is 10.1. The molecule has 5 nitrogen and oxygen atoms in total. The fourth-order valence-corrected chi connectivity index (χ4v) is 3.01. The van der Waals surface area contributed by atoms with Gasteiger partial charge in [0.2, 0.25) is 0 Å². The molecule has 0 saturated carbocycles. The Morgan fingerprint density at radius 1 is 1.07 bits per heavy atom. The summed E-state index contributed by atoms with van der Waals surface area (Å²) in [5.41, 5.74) is 3.43. The summed E-state index contributed by atoms with van der Waals surface area (Å²) in [6, 6.07) is 18.0. The van der Waals surface area contributed by atoms with Gasteiger partial charge in [-0.25, -0.2) is 13.9 Å². The van der Waals surface area contributed by atoms with Crippen molar-refractivity contribution in [1.82, 2.24) is 14.6 Å². The molecule has 4 aromatic rings. The number of nitrogens with one attached hydrogen (secondary N) is 1. The Labute approximate surface area is 156 Å². The van der Waals surface area contributed by atoms with Crippen molar-refractivity contribution in [2.45, 2.75) is 13.0 Å². The van der Waals surface area contributed by atoms with Gasteiger partial charge in [-0.2, -0.15) is 0 Å². The summed E-state index contributed by atoms with van der Waals surface area (Å²) in [6.45, 7) is 1.97. The summed E-state index contributed by atoms with van der Waals surface area (Å²) >= 11 is 0. The molecular formula is C21H19FN4O. The van der Waals surface area contributed by atoms with E-state index in [0.29, 0.717) is 5.82 Å². The van der Waals surface area contributed by atoms with Crippen LogP contribution >= 0.6 is 0 Å². The standard InChI is InChI=1S/C21H19FN4O/c1-14(15-5-3-7-17(22)11-15)24-20-9-10-21-23-13-19(26(21)25-20)16-6-4-8-18(12-16)27-2/h3-14H,1-2H3,(H,24,25)/t14-/m1/s1. The van der Waals surface area contributed by atoms with Gasteiger partial charge >= 0.3 is 0 Å². The maximum atomic E-state index is 13.5. The molecule has 0 spiro atoms. The van der Waals surface area contributed by atoms with Crippen molar-refractivity contribution >= 4 is 11.5 Å². The lowest BCUT2D eigenvalue weighted by Gasteiger charge is -2.15. The molecule has 2 heterocycles. The smallest absolute Gasteiger partial charge is 0.154 e. The van der Waals surface area contributed by atoms with Gasteiger partial charge in [-0.3, -0.25) is 0 Å². The topological polar surface area (TPSA) is 51.5 Å². The molecule has 2 aromatic heterocycles. The lowest BCUT2D eigenvalue weighted by molar-refractivity contribution is 0.415. The molecule has 1 atom stereocenters. The third-order valence-corrected chi connectivity index (χ3v) is 4.44. The minimum atomic E-state index is -0.250. The molecule has 0 radical (unpaired) electrons. The zero-order valence-corrected chi connectivity index (χ0v) is 15.1. The number of benzene rings is 2. The summed E-state index contributed by atoms with van der Waals surface area (Å²) < 4.78 is 20.6. The number of aromatic nitrogens is 3. The van der Waals surface area contributed by atoms with Gasteiger partial charge in [0.1, 0.15) is 17.4 Å². The van der Waals surface area contributed by atoms with E-state index in [9.17, 15) is 4.39 Å². The number of rotatable bonds is 5. The van der Waals surface area contributed by atoms with Crippen molar-refractivity contribution in [3.8, 4) is 17.0 Å². The van der Waals surface area contributed by atoms with Crippen LogP contribution in [0.25, 0.3) is 16.9 Å². The number of fused-ring (bicyclic) bond motifs is 1. The highest BCUT2D eigenvalue weighted by Gasteiger charge is 2.11. The minimum Gasteiger partial charge on any atom is -0.497 e. The first kappa shape index (κ1) is 17.0. The highest BCUT2D eigenvalue weighted by Crippen LogP contribution is 2.25. The lowest BCUT2D eigenvalue weighted by Crippen LogP contribution is -2.09. The van der Waals surface area contributed by atoms with Crippen LogP contribution in [0.15, 0.2) is 66.9 Å².